The van der Waals surface area contributed by atoms with Crippen molar-refractivity contribution in [3.05, 3.63) is 85.7 Å². The van der Waals surface area contributed by atoms with E-state index in [-0.39, 0.29) is 11.4 Å². The van der Waals surface area contributed by atoms with E-state index in [0.29, 0.717) is 22.8 Å². The summed E-state index contributed by atoms with van der Waals surface area (Å²) in [5.41, 5.74) is 3.07. The maximum absolute atomic E-state index is 12.6. The first-order valence-corrected chi connectivity index (χ1v) is 9.02. The van der Waals surface area contributed by atoms with Gasteiger partial charge in [0.2, 0.25) is 5.95 Å². The van der Waals surface area contributed by atoms with Crippen LogP contribution in [-0.4, -0.2) is 35.3 Å². The zero-order chi connectivity index (χ0) is 20.8. The van der Waals surface area contributed by atoms with Crippen LogP contribution in [0.3, 0.4) is 0 Å². The molecule has 1 aliphatic rings. The van der Waals surface area contributed by atoms with Crippen molar-refractivity contribution in [3.8, 4) is 11.3 Å². The highest BCUT2D eigenvalue weighted by atomic mass is 16.6. The Labute approximate surface area is 168 Å². The molecule has 30 heavy (non-hydrogen) atoms. The van der Waals surface area contributed by atoms with E-state index < -0.39 is 16.5 Å². The summed E-state index contributed by atoms with van der Waals surface area (Å²) in [6.07, 6.45) is 0. The first-order valence-electron chi connectivity index (χ1n) is 9.02. The topological polar surface area (TPSA) is 145 Å². The number of non-ortho nitro benzene ring substituents is 1. The first-order chi connectivity index (χ1) is 14.5. The summed E-state index contributed by atoms with van der Waals surface area (Å²) >= 11 is 0. The number of nitro benzene ring substituents is 1. The molecule has 5 rings (SSSR count). The number of rotatable bonds is 3. The van der Waals surface area contributed by atoms with Gasteiger partial charge in [-0.15, -0.1) is 0 Å². The number of benzene rings is 2. The molecule has 0 unspecified atom stereocenters. The molecular weight excluding hydrogens is 388 g/mol. The molecule has 0 saturated carbocycles. The molecule has 0 spiro atoms. The number of tetrazole rings is 1. The quantitative estimate of drug-likeness (QED) is 0.345. The van der Waals surface area contributed by atoms with Crippen molar-refractivity contribution in [1.29, 1.82) is 0 Å². The molecule has 2 aromatic carbocycles. The van der Waals surface area contributed by atoms with Crippen molar-refractivity contribution in [2.45, 2.75) is 13.0 Å². The summed E-state index contributed by atoms with van der Waals surface area (Å²) in [5, 5.41) is 32.7. The fraction of sp³-hybridized carbons (Fsp3) is 0.105. The van der Waals surface area contributed by atoms with Crippen molar-refractivity contribution in [3.63, 3.8) is 0 Å². The third kappa shape index (κ3) is 2.71. The van der Waals surface area contributed by atoms with Gasteiger partial charge in [-0.25, -0.2) is 5.10 Å². The highest BCUT2D eigenvalue weighted by Crippen LogP contribution is 2.41. The molecule has 1 aliphatic heterocycles. The Morgan fingerprint density at radius 1 is 1.17 bits per heavy atom. The van der Waals surface area contributed by atoms with Crippen molar-refractivity contribution >= 4 is 17.3 Å². The van der Waals surface area contributed by atoms with E-state index in [1.165, 1.54) is 12.1 Å². The molecule has 11 nitrogen and oxygen atoms in total. The van der Waals surface area contributed by atoms with Crippen LogP contribution in [0.1, 0.15) is 22.7 Å². The maximum Gasteiger partial charge on any atom is 0.288 e. The number of anilines is 2. The minimum atomic E-state index is -0.545. The average molecular weight is 402 g/mol. The second-order valence-corrected chi connectivity index (χ2v) is 6.88. The van der Waals surface area contributed by atoms with E-state index in [1.807, 2.05) is 31.2 Å². The standard InChI is InChI=1S/C19H14N8O3/c1-10-5-7-11(8-6-10)17-14-15(12-3-2-4-13(9-12)27(29)30)21-22-18(28)16(14)20-19-23-24-25-26(17)19/h2-9,17H,1H3,(H,22,28)(H,20,23,25)/t17-/m1/s1. The summed E-state index contributed by atoms with van der Waals surface area (Å²) in [6, 6.07) is 13.3. The number of aryl methyl sites for hydroxylation is 1. The molecule has 0 radical (unpaired) electrons. The molecule has 11 heteroatoms. The van der Waals surface area contributed by atoms with Crippen molar-refractivity contribution < 1.29 is 4.92 Å². The van der Waals surface area contributed by atoms with Crippen LogP contribution in [-0.2, 0) is 0 Å². The summed E-state index contributed by atoms with van der Waals surface area (Å²) in [6.45, 7) is 1.98. The SMILES string of the molecule is Cc1ccc([C@@H]2c3c(-c4cccc([N+](=O)[O-])c4)n[nH]c(=O)c3Nc3nnnn32)cc1. The Kier molecular flexibility index (Phi) is 3.88. The fourth-order valence-corrected chi connectivity index (χ4v) is 3.58. The second-order valence-electron chi connectivity index (χ2n) is 6.88. The third-order valence-corrected chi connectivity index (χ3v) is 4.99. The fourth-order valence-electron chi connectivity index (χ4n) is 3.58. The van der Waals surface area contributed by atoms with E-state index in [9.17, 15) is 14.9 Å². The number of aromatic amines is 1. The lowest BCUT2D eigenvalue weighted by atomic mass is 9.92. The largest absolute Gasteiger partial charge is 0.318 e. The maximum atomic E-state index is 12.6. The van der Waals surface area contributed by atoms with Gasteiger partial charge in [0.25, 0.3) is 11.2 Å². The normalized spacial score (nSPS) is 14.5. The molecular formula is C19H14N8O3. The number of hydrogen-bond acceptors (Lipinski definition) is 8. The second kappa shape index (κ2) is 6.58. The molecule has 0 amide bonds. The number of aromatic nitrogens is 6. The Balaban J connectivity index is 1.80. The van der Waals surface area contributed by atoms with Gasteiger partial charge >= 0.3 is 0 Å². The summed E-state index contributed by atoms with van der Waals surface area (Å²) in [7, 11) is 0. The van der Waals surface area contributed by atoms with Crippen LogP contribution in [0.2, 0.25) is 0 Å². The van der Waals surface area contributed by atoms with E-state index in [0.717, 1.165) is 11.1 Å². The predicted molar refractivity (Wildman–Crippen MR) is 106 cm³/mol. The van der Waals surface area contributed by atoms with Crippen LogP contribution >= 0.6 is 0 Å². The summed E-state index contributed by atoms with van der Waals surface area (Å²) < 4.78 is 1.56. The lowest BCUT2D eigenvalue weighted by molar-refractivity contribution is -0.384. The van der Waals surface area contributed by atoms with Crippen LogP contribution in [0, 0.1) is 17.0 Å². The Morgan fingerprint density at radius 2 is 1.97 bits per heavy atom. The van der Waals surface area contributed by atoms with Gasteiger partial charge in [0, 0.05) is 23.3 Å². The average Bonchev–Trinajstić information content (AvgIpc) is 3.22. The highest BCUT2D eigenvalue weighted by molar-refractivity contribution is 5.76. The lowest BCUT2D eigenvalue weighted by Crippen LogP contribution is -2.29. The van der Waals surface area contributed by atoms with E-state index in [2.05, 4.69) is 31.0 Å². The Bertz CT molecular complexity index is 1340. The van der Waals surface area contributed by atoms with Gasteiger partial charge in [-0.1, -0.05) is 47.1 Å². The number of H-pyrrole nitrogens is 1. The van der Waals surface area contributed by atoms with Crippen LogP contribution in [0.25, 0.3) is 11.3 Å². The number of nitrogens with zero attached hydrogens (tertiary/aromatic N) is 6. The molecule has 0 aliphatic carbocycles. The van der Waals surface area contributed by atoms with E-state index >= 15 is 0 Å². The van der Waals surface area contributed by atoms with E-state index in [4.69, 9.17) is 0 Å². The van der Waals surface area contributed by atoms with Crippen molar-refractivity contribution in [2.24, 2.45) is 0 Å². The van der Waals surface area contributed by atoms with Gasteiger partial charge in [-0.2, -0.15) is 9.78 Å². The minimum Gasteiger partial charge on any atom is -0.318 e. The zero-order valence-corrected chi connectivity index (χ0v) is 15.6. The third-order valence-electron chi connectivity index (χ3n) is 4.99. The van der Waals surface area contributed by atoms with Gasteiger partial charge in [0.05, 0.1) is 10.6 Å². The van der Waals surface area contributed by atoms with Gasteiger partial charge in [0.1, 0.15) is 11.7 Å². The smallest absolute Gasteiger partial charge is 0.288 e. The van der Waals surface area contributed by atoms with E-state index in [1.54, 1.807) is 16.8 Å². The predicted octanol–water partition coefficient (Wildman–Crippen LogP) is 2.33. The van der Waals surface area contributed by atoms with Crippen LogP contribution in [0.4, 0.5) is 17.3 Å². The van der Waals surface area contributed by atoms with Crippen molar-refractivity contribution in [2.75, 3.05) is 5.32 Å². The molecule has 148 valence electrons. The number of nitrogens with one attached hydrogen (secondary N) is 2. The number of fused-ring (bicyclic) bond motifs is 2. The van der Waals surface area contributed by atoms with Crippen LogP contribution in [0.5, 0.6) is 0 Å². The molecule has 1 atom stereocenters. The molecule has 4 aromatic rings. The monoisotopic (exact) mass is 402 g/mol. The molecule has 3 heterocycles. The van der Waals surface area contributed by atoms with Gasteiger partial charge in [-0.05, 0) is 22.9 Å². The minimum absolute atomic E-state index is 0.0759. The molecule has 0 saturated heterocycles. The van der Waals surface area contributed by atoms with Crippen LogP contribution < -0.4 is 10.9 Å². The Morgan fingerprint density at radius 3 is 2.73 bits per heavy atom. The van der Waals surface area contributed by atoms with Gasteiger partial charge < -0.3 is 5.32 Å². The van der Waals surface area contributed by atoms with Crippen molar-refractivity contribution in [1.82, 2.24) is 30.4 Å². The zero-order valence-electron chi connectivity index (χ0n) is 15.6. The van der Waals surface area contributed by atoms with Crippen LogP contribution in [0.15, 0.2) is 53.3 Å². The molecule has 0 fully saturated rings. The summed E-state index contributed by atoms with van der Waals surface area (Å²) in [4.78, 5) is 23.4. The lowest BCUT2D eigenvalue weighted by Gasteiger charge is -2.27. The highest BCUT2D eigenvalue weighted by Gasteiger charge is 2.34. The van der Waals surface area contributed by atoms with Gasteiger partial charge in [0.15, 0.2) is 0 Å². The van der Waals surface area contributed by atoms with Gasteiger partial charge in [-0.3, -0.25) is 14.9 Å². The molecule has 2 aromatic heterocycles. The first kappa shape index (κ1) is 17.7. The number of nitro groups is 1. The Hall–Kier alpha value is -4.41. The molecule has 0 bridgehead atoms. The molecule has 2 N–H and O–H groups in total. The number of hydrogen-bond donors (Lipinski definition) is 2. The summed E-state index contributed by atoms with van der Waals surface area (Å²) in [5.74, 6) is 0.315.